The van der Waals surface area contributed by atoms with Crippen molar-refractivity contribution in [1.82, 2.24) is 0 Å². The minimum atomic E-state index is 0.0634. The minimum Gasteiger partial charge on any atom is -0.312 e. The molecule has 3 heteroatoms. The highest BCUT2D eigenvalue weighted by Crippen LogP contribution is 2.31. The van der Waals surface area contributed by atoms with Crippen LogP contribution >= 0.6 is 15.9 Å². The molecule has 1 atom stereocenters. The molecule has 0 saturated carbocycles. The van der Waals surface area contributed by atoms with E-state index in [1.807, 2.05) is 18.7 Å². The largest absolute Gasteiger partial charge is 0.312 e. The molecule has 2 rings (SSSR count). The monoisotopic (exact) mass is 337 g/mol. The first-order valence-electron chi connectivity index (χ1n) is 7.47. The average molecular weight is 338 g/mol. The Bertz CT molecular complexity index is 496. The molecule has 1 aliphatic rings. The second-order valence-corrected chi connectivity index (χ2v) is 7.50. The maximum absolute atomic E-state index is 12.2. The van der Waals surface area contributed by atoms with Crippen LogP contribution in [0.3, 0.4) is 0 Å². The van der Waals surface area contributed by atoms with Gasteiger partial charge in [-0.05, 0) is 36.0 Å². The van der Waals surface area contributed by atoms with Crippen LogP contribution in [-0.4, -0.2) is 17.3 Å². The van der Waals surface area contributed by atoms with Gasteiger partial charge in [-0.25, -0.2) is 0 Å². The number of amides is 1. The van der Waals surface area contributed by atoms with E-state index in [0.29, 0.717) is 10.7 Å². The summed E-state index contributed by atoms with van der Waals surface area (Å²) in [6.07, 6.45) is 2.03. The smallest absolute Gasteiger partial charge is 0.229 e. The van der Waals surface area contributed by atoms with E-state index >= 15 is 0 Å². The number of rotatable bonds is 4. The minimum absolute atomic E-state index is 0.0634. The second kappa shape index (κ2) is 6.30. The molecule has 0 bridgehead atoms. The Hall–Kier alpha value is -0.830. The third kappa shape index (κ3) is 3.25. The number of alkyl halides is 1. The summed E-state index contributed by atoms with van der Waals surface area (Å²) < 4.78 is 0. The Morgan fingerprint density at radius 2 is 2.00 bits per heavy atom. The topological polar surface area (TPSA) is 20.3 Å². The van der Waals surface area contributed by atoms with Crippen LogP contribution in [0, 0.1) is 11.8 Å². The van der Waals surface area contributed by atoms with Gasteiger partial charge in [0.2, 0.25) is 5.91 Å². The molecule has 1 aliphatic heterocycles. The Morgan fingerprint density at radius 1 is 1.30 bits per heavy atom. The fourth-order valence-electron chi connectivity index (χ4n) is 2.58. The van der Waals surface area contributed by atoms with Crippen molar-refractivity contribution in [1.29, 1.82) is 0 Å². The van der Waals surface area contributed by atoms with E-state index in [0.717, 1.165) is 25.1 Å². The van der Waals surface area contributed by atoms with Crippen molar-refractivity contribution in [2.45, 2.75) is 45.4 Å². The molecule has 0 spiro atoms. The zero-order chi connectivity index (χ0) is 14.9. The van der Waals surface area contributed by atoms with Crippen LogP contribution in [0.4, 0.5) is 5.69 Å². The molecule has 0 saturated heterocycles. The molecular formula is C17H24BrNO. The molecular weight excluding hydrogens is 314 g/mol. The fourth-order valence-corrected chi connectivity index (χ4v) is 2.96. The number of halogens is 1. The Morgan fingerprint density at radius 3 is 2.60 bits per heavy atom. The number of hydrogen-bond donors (Lipinski definition) is 0. The SMILES string of the molecule is CC(C)C(=O)N1CCc2cc(CC(Br)C(C)C)ccc21. The second-order valence-electron chi connectivity index (χ2n) is 6.32. The normalized spacial score (nSPS) is 15.8. The van der Waals surface area contributed by atoms with Crippen molar-refractivity contribution < 1.29 is 4.79 Å². The first kappa shape index (κ1) is 15.6. The Balaban J connectivity index is 2.16. The van der Waals surface area contributed by atoms with Crippen LogP contribution in [0.5, 0.6) is 0 Å². The number of hydrogen-bond acceptors (Lipinski definition) is 1. The predicted molar refractivity (Wildman–Crippen MR) is 88.6 cm³/mol. The van der Waals surface area contributed by atoms with Crippen LogP contribution in [-0.2, 0) is 17.6 Å². The third-order valence-electron chi connectivity index (χ3n) is 3.95. The summed E-state index contributed by atoms with van der Waals surface area (Å²) in [5.74, 6) is 0.924. The average Bonchev–Trinajstić information content (AvgIpc) is 2.80. The molecule has 0 aliphatic carbocycles. The molecule has 0 fully saturated rings. The van der Waals surface area contributed by atoms with Gasteiger partial charge in [0.25, 0.3) is 0 Å². The number of benzene rings is 1. The first-order valence-corrected chi connectivity index (χ1v) is 8.39. The van der Waals surface area contributed by atoms with Gasteiger partial charge in [-0.2, -0.15) is 0 Å². The van der Waals surface area contributed by atoms with E-state index in [-0.39, 0.29) is 11.8 Å². The Kier molecular flexibility index (Phi) is 4.90. The van der Waals surface area contributed by atoms with E-state index in [4.69, 9.17) is 0 Å². The third-order valence-corrected chi connectivity index (χ3v) is 5.33. The van der Waals surface area contributed by atoms with Gasteiger partial charge in [0, 0.05) is 23.0 Å². The summed E-state index contributed by atoms with van der Waals surface area (Å²) in [6.45, 7) is 9.23. The number of nitrogens with zero attached hydrogens (tertiary/aromatic N) is 1. The molecule has 0 radical (unpaired) electrons. The highest BCUT2D eigenvalue weighted by atomic mass is 79.9. The number of fused-ring (bicyclic) bond motifs is 1. The molecule has 2 nitrogen and oxygen atoms in total. The van der Waals surface area contributed by atoms with Gasteiger partial charge >= 0.3 is 0 Å². The summed E-state index contributed by atoms with van der Waals surface area (Å²) in [4.78, 5) is 14.6. The molecule has 110 valence electrons. The fraction of sp³-hybridized carbons (Fsp3) is 0.588. The highest BCUT2D eigenvalue weighted by molar-refractivity contribution is 9.09. The highest BCUT2D eigenvalue weighted by Gasteiger charge is 2.26. The van der Waals surface area contributed by atoms with Crippen molar-refractivity contribution in [3.8, 4) is 0 Å². The van der Waals surface area contributed by atoms with Gasteiger partial charge in [-0.1, -0.05) is 55.8 Å². The summed E-state index contributed by atoms with van der Waals surface area (Å²) in [5, 5.41) is 0. The summed E-state index contributed by atoms with van der Waals surface area (Å²) in [5.41, 5.74) is 3.79. The van der Waals surface area contributed by atoms with Crippen LogP contribution in [0.25, 0.3) is 0 Å². The van der Waals surface area contributed by atoms with E-state index in [9.17, 15) is 4.79 Å². The van der Waals surface area contributed by atoms with Gasteiger partial charge in [0.1, 0.15) is 0 Å². The summed E-state index contributed by atoms with van der Waals surface area (Å²) >= 11 is 3.75. The van der Waals surface area contributed by atoms with Crippen LogP contribution in [0.1, 0.15) is 38.8 Å². The number of carbonyl (C=O) groups is 1. The van der Waals surface area contributed by atoms with E-state index < -0.39 is 0 Å². The number of anilines is 1. The zero-order valence-electron chi connectivity index (χ0n) is 12.8. The van der Waals surface area contributed by atoms with Gasteiger partial charge in [0.05, 0.1) is 0 Å². The lowest BCUT2D eigenvalue weighted by atomic mass is 10.00. The number of carbonyl (C=O) groups excluding carboxylic acids is 1. The molecule has 1 heterocycles. The Labute approximate surface area is 130 Å². The predicted octanol–water partition coefficient (Wildman–Crippen LogP) is 4.19. The molecule has 0 aromatic heterocycles. The molecule has 0 N–H and O–H groups in total. The van der Waals surface area contributed by atoms with Crippen LogP contribution < -0.4 is 4.90 Å². The lowest BCUT2D eigenvalue weighted by Crippen LogP contribution is -2.32. The van der Waals surface area contributed by atoms with Crippen LogP contribution in [0.2, 0.25) is 0 Å². The standard InChI is InChI=1S/C17H24BrNO/c1-11(2)15(18)10-13-5-6-16-14(9-13)7-8-19(16)17(20)12(3)4/h5-6,9,11-12,15H,7-8,10H2,1-4H3. The van der Waals surface area contributed by atoms with Crippen molar-refractivity contribution >= 4 is 27.5 Å². The molecule has 1 amide bonds. The zero-order valence-corrected chi connectivity index (χ0v) is 14.4. The van der Waals surface area contributed by atoms with Gasteiger partial charge in [0.15, 0.2) is 0 Å². The van der Waals surface area contributed by atoms with Crippen molar-refractivity contribution in [3.63, 3.8) is 0 Å². The lowest BCUT2D eigenvalue weighted by Gasteiger charge is -2.20. The summed E-state index contributed by atoms with van der Waals surface area (Å²) in [6, 6.07) is 6.57. The van der Waals surface area contributed by atoms with Crippen LogP contribution in [0.15, 0.2) is 18.2 Å². The van der Waals surface area contributed by atoms with Crippen molar-refractivity contribution in [3.05, 3.63) is 29.3 Å². The van der Waals surface area contributed by atoms with Gasteiger partial charge in [-0.15, -0.1) is 0 Å². The van der Waals surface area contributed by atoms with Crippen molar-refractivity contribution in [2.75, 3.05) is 11.4 Å². The maximum atomic E-state index is 12.2. The molecule has 1 aromatic rings. The molecule has 1 unspecified atom stereocenters. The summed E-state index contributed by atoms with van der Waals surface area (Å²) in [7, 11) is 0. The lowest BCUT2D eigenvalue weighted by molar-refractivity contribution is -0.121. The van der Waals surface area contributed by atoms with Gasteiger partial charge in [-0.3, -0.25) is 4.79 Å². The van der Waals surface area contributed by atoms with Crippen molar-refractivity contribution in [2.24, 2.45) is 11.8 Å². The van der Waals surface area contributed by atoms with E-state index in [1.165, 1.54) is 11.1 Å². The van der Waals surface area contributed by atoms with Gasteiger partial charge < -0.3 is 4.90 Å². The molecule has 20 heavy (non-hydrogen) atoms. The van der Waals surface area contributed by atoms with E-state index in [2.05, 4.69) is 48.0 Å². The quantitative estimate of drug-likeness (QED) is 0.754. The first-order chi connectivity index (χ1) is 9.40. The van der Waals surface area contributed by atoms with E-state index in [1.54, 1.807) is 0 Å². The molecule has 1 aromatic carbocycles. The maximum Gasteiger partial charge on any atom is 0.229 e.